The largest absolute Gasteiger partial charge is 0.507 e. The molecule has 0 unspecified atom stereocenters. The van der Waals surface area contributed by atoms with Gasteiger partial charge < -0.3 is 21.3 Å². The van der Waals surface area contributed by atoms with E-state index in [0.29, 0.717) is 12.2 Å². The first-order valence-electron chi connectivity index (χ1n) is 7.78. The van der Waals surface area contributed by atoms with E-state index in [9.17, 15) is 19.8 Å². The van der Waals surface area contributed by atoms with Crippen molar-refractivity contribution in [2.24, 2.45) is 0 Å². The highest BCUT2D eigenvalue weighted by atomic mass is 16.3. The first kappa shape index (κ1) is 15.9. The van der Waals surface area contributed by atoms with Crippen molar-refractivity contribution in [3.63, 3.8) is 0 Å². The normalized spacial score (nSPS) is 12.7. The molecule has 1 aliphatic carbocycles. The summed E-state index contributed by atoms with van der Waals surface area (Å²) in [6.45, 7) is 2.69. The highest BCUT2D eigenvalue weighted by molar-refractivity contribution is 6.32. The number of aromatic hydroxyl groups is 2. The van der Waals surface area contributed by atoms with E-state index < -0.39 is 11.6 Å². The van der Waals surface area contributed by atoms with Gasteiger partial charge in [-0.2, -0.15) is 0 Å². The Kier molecular flexibility index (Phi) is 3.89. The lowest BCUT2D eigenvalue weighted by molar-refractivity contribution is 0.0975. The number of ketones is 2. The lowest BCUT2D eigenvalue weighted by Gasteiger charge is -2.22. The van der Waals surface area contributed by atoms with Crippen LogP contribution in [-0.4, -0.2) is 28.3 Å². The third-order valence-electron chi connectivity index (χ3n) is 4.17. The predicted molar refractivity (Wildman–Crippen MR) is 90.9 cm³/mol. The second-order valence-electron chi connectivity index (χ2n) is 5.75. The van der Waals surface area contributed by atoms with E-state index >= 15 is 0 Å². The summed E-state index contributed by atoms with van der Waals surface area (Å²) in [5.41, 5.74) is 6.12. The molecule has 0 bridgehead atoms. The molecule has 0 atom stereocenters. The minimum atomic E-state index is -0.565. The molecule has 0 amide bonds. The Hall–Kier alpha value is -3.02. The van der Waals surface area contributed by atoms with Crippen molar-refractivity contribution < 1.29 is 19.8 Å². The molecule has 0 spiro atoms. The van der Waals surface area contributed by atoms with Crippen LogP contribution in [0.25, 0.3) is 0 Å². The second kappa shape index (κ2) is 5.88. The smallest absolute Gasteiger partial charge is 0.200 e. The zero-order valence-electron chi connectivity index (χ0n) is 13.2. The van der Waals surface area contributed by atoms with Gasteiger partial charge in [0.25, 0.3) is 0 Å². The van der Waals surface area contributed by atoms with Gasteiger partial charge in [-0.1, -0.05) is 13.3 Å². The van der Waals surface area contributed by atoms with Crippen LogP contribution >= 0.6 is 0 Å². The van der Waals surface area contributed by atoms with Gasteiger partial charge in [-0.25, -0.2) is 0 Å². The number of nitrogens with one attached hydrogen (secondary N) is 1. The molecular weight excluding hydrogens is 308 g/mol. The number of anilines is 2. The fourth-order valence-corrected chi connectivity index (χ4v) is 2.89. The summed E-state index contributed by atoms with van der Waals surface area (Å²) in [5.74, 6) is -1.66. The maximum absolute atomic E-state index is 12.8. The number of nitrogens with two attached hydrogens (primary N) is 1. The first-order chi connectivity index (χ1) is 11.5. The van der Waals surface area contributed by atoms with E-state index in [4.69, 9.17) is 5.73 Å². The van der Waals surface area contributed by atoms with Gasteiger partial charge >= 0.3 is 0 Å². The van der Waals surface area contributed by atoms with E-state index in [1.165, 1.54) is 18.2 Å². The van der Waals surface area contributed by atoms with Gasteiger partial charge in [0.2, 0.25) is 5.78 Å². The van der Waals surface area contributed by atoms with Crippen LogP contribution in [0.1, 0.15) is 51.6 Å². The van der Waals surface area contributed by atoms with Crippen molar-refractivity contribution in [2.75, 3.05) is 17.6 Å². The molecule has 6 nitrogen and oxygen atoms in total. The Morgan fingerprint density at radius 3 is 2.46 bits per heavy atom. The molecule has 0 saturated heterocycles. The van der Waals surface area contributed by atoms with Gasteiger partial charge in [-0.3, -0.25) is 9.59 Å². The first-order valence-corrected chi connectivity index (χ1v) is 7.78. The van der Waals surface area contributed by atoms with E-state index in [-0.39, 0.29) is 39.4 Å². The lowest BCUT2D eigenvalue weighted by atomic mass is 9.82. The van der Waals surface area contributed by atoms with Crippen molar-refractivity contribution in [2.45, 2.75) is 19.8 Å². The Bertz CT molecular complexity index is 859. The monoisotopic (exact) mass is 326 g/mol. The highest BCUT2D eigenvalue weighted by Gasteiger charge is 2.36. The van der Waals surface area contributed by atoms with Gasteiger partial charge in [0, 0.05) is 17.8 Å². The van der Waals surface area contributed by atoms with Crippen LogP contribution in [-0.2, 0) is 0 Å². The molecule has 2 aromatic rings. The zero-order chi connectivity index (χ0) is 17.4. The Morgan fingerprint density at radius 2 is 1.75 bits per heavy atom. The molecule has 0 radical (unpaired) electrons. The maximum Gasteiger partial charge on any atom is 0.200 e. The number of phenols is 2. The van der Waals surface area contributed by atoms with E-state index in [1.807, 2.05) is 6.92 Å². The third-order valence-corrected chi connectivity index (χ3v) is 4.17. The Labute approximate surface area is 138 Å². The minimum absolute atomic E-state index is 0.0616. The number of hydrogen-bond acceptors (Lipinski definition) is 6. The van der Waals surface area contributed by atoms with Gasteiger partial charge in [-0.05, 0) is 30.7 Å². The van der Waals surface area contributed by atoms with Crippen molar-refractivity contribution >= 4 is 22.9 Å². The summed E-state index contributed by atoms with van der Waals surface area (Å²) in [7, 11) is 0. The molecule has 1 aliphatic rings. The van der Waals surface area contributed by atoms with Crippen LogP contribution in [0.3, 0.4) is 0 Å². The van der Waals surface area contributed by atoms with Crippen LogP contribution in [0.2, 0.25) is 0 Å². The fraction of sp³-hybridized carbons (Fsp3) is 0.222. The number of fused-ring (bicyclic) bond motifs is 2. The van der Waals surface area contributed by atoms with Crippen LogP contribution in [0.4, 0.5) is 11.4 Å². The molecule has 0 aliphatic heterocycles. The van der Waals surface area contributed by atoms with Crippen molar-refractivity contribution in [3.05, 3.63) is 46.5 Å². The summed E-state index contributed by atoms with van der Waals surface area (Å²) in [6, 6.07) is 5.69. The number of nitrogen functional groups attached to an aromatic ring is 1. The summed E-state index contributed by atoms with van der Waals surface area (Å²) < 4.78 is 0. The number of benzene rings is 2. The topological polar surface area (TPSA) is 113 Å². The number of unbranched alkanes of at least 4 members (excludes halogenated alkanes) is 1. The average Bonchev–Trinajstić information content (AvgIpc) is 2.56. The zero-order valence-corrected chi connectivity index (χ0v) is 13.2. The predicted octanol–water partition coefficient (Wildman–Crippen LogP) is 2.67. The minimum Gasteiger partial charge on any atom is -0.507 e. The summed E-state index contributed by atoms with van der Waals surface area (Å²) in [6.07, 6.45) is 1.90. The van der Waals surface area contributed by atoms with Crippen molar-refractivity contribution in [1.29, 1.82) is 0 Å². The number of hydrogen-bond donors (Lipinski definition) is 4. The maximum atomic E-state index is 12.8. The SMILES string of the molecule is CCCCNc1ccc2c(c1O)C(=O)c1c(N)ccc(O)c1C2=O. The molecule has 5 N–H and O–H groups in total. The Balaban J connectivity index is 2.15. The van der Waals surface area contributed by atoms with Gasteiger partial charge in [0.1, 0.15) is 5.75 Å². The number of rotatable bonds is 4. The lowest BCUT2D eigenvalue weighted by Crippen LogP contribution is -2.23. The molecular formula is C18H18N2O4. The van der Waals surface area contributed by atoms with Gasteiger partial charge in [0.05, 0.1) is 22.4 Å². The third kappa shape index (κ3) is 2.27. The standard InChI is InChI=1S/C18H18N2O4/c1-2-3-8-20-11-6-4-9-13(17(11)23)18(24)14-10(19)5-7-12(21)15(14)16(9)22/h4-7,20-21,23H,2-3,8,19H2,1H3. The van der Waals surface area contributed by atoms with E-state index in [2.05, 4.69) is 5.32 Å². The van der Waals surface area contributed by atoms with Crippen LogP contribution in [0, 0.1) is 0 Å². The Morgan fingerprint density at radius 1 is 1.00 bits per heavy atom. The number of carbonyl (C=O) groups excluding carboxylic acids is 2. The molecule has 0 saturated carbocycles. The summed E-state index contributed by atoms with van der Waals surface area (Å²) in [4.78, 5) is 25.4. The number of carbonyl (C=O) groups is 2. The average molecular weight is 326 g/mol. The molecule has 0 aromatic heterocycles. The van der Waals surface area contributed by atoms with E-state index in [0.717, 1.165) is 12.8 Å². The van der Waals surface area contributed by atoms with Crippen molar-refractivity contribution in [3.8, 4) is 11.5 Å². The quantitative estimate of drug-likeness (QED) is 0.254. The summed E-state index contributed by atoms with van der Waals surface area (Å²) in [5, 5.41) is 23.5. The van der Waals surface area contributed by atoms with Crippen molar-refractivity contribution in [1.82, 2.24) is 0 Å². The molecule has 124 valence electrons. The number of phenolic OH excluding ortho intramolecular Hbond substituents is 2. The van der Waals surface area contributed by atoms with Crippen LogP contribution in [0.15, 0.2) is 24.3 Å². The van der Waals surface area contributed by atoms with Gasteiger partial charge in [0.15, 0.2) is 11.5 Å². The second-order valence-corrected chi connectivity index (χ2v) is 5.75. The highest BCUT2D eigenvalue weighted by Crippen LogP contribution is 2.41. The molecule has 6 heteroatoms. The molecule has 3 rings (SSSR count). The fourth-order valence-electron chi connectivity index (χ4n) is 2.89. The van der Waals surface area contributed by atoms with E-state index in [1.54, 1.807) is 6.07 Å². The molecule has 0 heterocycles. The van der Waals surface area contributed by atoms with Crippen LogP contribution < -0.4 is 11.1 Å². The van der Waals surface area contributed by atoms with Gasteiger partial charge in [-0.15, -0.1) is 0 Å². The molecule has 2 aromatic carbocycles. The van der Waals surface area contributed by atoms with Crippen LogP contribution in [0.5, 0.6) is 11.5 Å². The molecule has 24 heavy (non-hydrogen) atoms. The molecule has 0 fully saturated rings. The summed E-state index contributed by atoms with van der Waals surface area (Å²) >= 11 is 0.